The smallest absolute Gasteiger partial charge is 0.112 e. The summed E-state index contributed by atoms with van der Waals surface area (Å²) < 4.78 is 0. The van der Waals surface area contributed by atoms with Gasteiger partial charge in [-0.2, -0.15) is 0 Å². The zero-order valence-corrected chi connectivity index (χ0v) is 10.2. The lowest BCUT2D eigenvalue weighted by Gasteiger charge is -2.13. The molecule has 0 aliphatic heterocycles. The molecule has 0 saturated heterocycles. The molecular formula is C13H18N2O. The molecule has 1 aromatic carbocycles. The standard InChI is InChI=1S/C13H18N2O/c1-8(16)9-5-6-10-11(7-9)15-12(14-10)13(2,3)4/h5-8,16H,1-4H3,(H,14,15). The number of H-pyrrole nitrogens is 1. The first-order valence-corrected chi connectivity index (χ1v) is 5.56. The Morgan fingerprint density at radius 2 is 2.00 bits per heavy atom. The lowest BCUT2D eigenvalue weighted by atomic mass is 9.96. The molecule has 86 valence electrons. The largest absolute Gasteiger partial charge is 0.389 e. The van der Waals surface area contributed by atoms with Gasteiger partial charge in [0, 0.05) is 5.41 Å². The van der Waals surface area contributed by atoms with Crippen LogP contribution in [-0.4, -0.2) is 15.1 Å². The normalized spacial score (nSPS) is 14.3. The number of fused-ring (bicyclic) bond motifs is 1. The minimum Gasteiger partial charge on any atom is -0.389 e. The van der Waals surface area contributed by atoms with Crippen molar-refractivity contribution in [1.29, 1.82) is 0 Å². The van der Waals surface area contributed by atoms with Gasteiger partial charge in [0.15, 0.2) is 0 Å². The van der Waals surface area contributed by atoms with E-state index in [2.05, 4.69) is 30.7 Å². The van der Waals surface area contributed by atoms with Gasteiger partial charge >= 0.3 is 0 Å². The third kappa shape index (κ3) is 1.95. The van der Waals surface area contributed by atoms with Crippen LogP contribution in [0.5, 0.6) is 0 Å². The number of hydrogen-bond acceptors (Lipinski definition) is 2. The second-order valence-corrected chi connectivity index (χ2v) is 5.29. The number of hydrogen-bond donors (Lipinski definition) is 2. The Labute approximate surface area is 95.5 Å². The van der Waals surface area contributed by atoms with E-state index in [1.165, 1.54) is 0 Å². The summed E-state index contributed by atoms with van der Waals surface area (Å²) in [6.45, 7) is 8.14. The number of aliphatic hydroxyl groups excluding tert-OH is 1. The maximum absolute atomic E-state index is 9.52. The quantitative estimate of drug-likeness (QED) is 0.773. The van der Waals surface area contributed by atoms with E-state index in [9.17, 15) is 5.11 Å². The van der Waals surface area contributed by atoms with Crippen LogP contribution in [0.1, 0.15) is 45.2 Å². The van der Waals surface area contributed by atoms with Crippen molar-refractivity contribution in [2.75, 3.05) is 0 Å². The Balaban J connectivity index is 2.54. The minimum absolute atomic E-state index is 0.0179. The number of aromatic amines is 1. The van der Waals surface area contributed by atoms with Gasteiger partial charge in [0.25, 0.3) is 0 Å². The first kappa shape index (κ1) is 11.1. The predicted octanol–water partition coefficient (Wildman–Crippen LogP) is 2.91. The van der Waals surface area contributed by atoms with Gasteiger partial charge in [0.05, 0.1) is 17.1 Å². The molecule has 2 aromatic rings. The second kappa shape index (κ2) is 3.59. The van der Waals surface area contributed by atoms with E-state index < -0.39 is 6.10 Å². The van der Waals surface area contributed by atoms with Crippen LogP contribution in [0.4, 0.5) is 0 Å². The first-order valence-electron chi connectivity index (χ1n) is 5.56. The van der Waals surface area contributed by atoms with Crippen LogP contribution in [0.3, 0.4) is 0 Å². The summed E-state index contributed by atoms with van der Waals surface area (Å²) in [5.41, 5.74) is 2.87. The highest BCUT2D eigenvalue weighted by molar-refractivity contribution is 5.76. The molecule has 0 saturated carbocycles. The monoisotopic (exact) mass is 218 g/mol. The zero-order valence-electron chi connectivity index (χ0n) is 10.2. The number of nitrogens with zero attached hydrogens (tertiary/aromatic N) is 1. The highest BCUT2D eigenvalue weighted by Gasteiger charge is 2.18. The van der Waals surface area contributed by atoms with Crippen molar-refractivity contribution in [3.05, 3.63) is 29.6 Å². The predicted molar refractivity (Wildman–Crippen MR) is 65.4 cm³/mol. The number of benzene rings is 1. The molecule has 0 aliphatic carbocycles. The Morgan fingerprint density at radius 1 is 1.31 bits per heavy atom. The van der Waals surface area contributed by atoms with E-state index >= 15 is 0 Å². The van der Waals surface area contributed by atoms with Gasteiger partial charge in [0.2, 0.25) is 0 Å². The highest BCUT2D eigenvalue weighted by atomic mass is 16.3. The molecule has 2 N–H and O–H groups in total. The summed E-state index contributed by atoms with van der Waals surface area (Å²) in [7, 11) is 0. The Bertz CT molecular complexity index is 506. The molecule has 0 bridgehead atoms. The molecule has 0 amide bonds. The number of aliphatic hydroxyl groups is 1. The summed E-state index contributed by atoms with van der Waals surface area (Å²) in [6.07, 6.45) is -0.439. The van der Waals surface area contributed by atoms with Crippen LogP contribution in [0, 0.1) is 0 Å². The number of aromatic nitrogens is 2. The van der Waals surface area contributed by atoms with Gasteiger partial charge in [0.1, 0.15) is 5.82 Å². The lowest BCUT2D eigenvalue weighted by Crippen LogP contribution is -2.12. The fraction of sp³-hybridized carbons (Fsp3) is 0.462. The van der Waals surface area contributed by atoms with Gasteiger partial charge in [-0.3, -0.25) is 0 Å². The maximum atomic E-state index is 9.52. The van der Waals surface area contributed by atoms with Gasteiger partial charge in [-0.05, 0) is 24.6 Å². The molecule has 2 rings (SSSR count). The number of rotatable bonds is 1. The van der Waals surface area contributed by atoms with Crippen molar-refractivity contribution in [1.82, 2.24) is 9.97 Å². The molecule has 0 aliphatic rings. The third-order valence-corrected chi connectivity index (χ3v) is 2.70. The van der Waals surface area contributed by atoms with Gasteiger partial charge in [-0.25, -0.2) is 4.98 Å². The van der Waals surface area contributed by atoms with Gasteiger partial charge in [-0.1, -0.05) is 26.8 Å². The fourth-order valence-electron chi connectivity index (χ4n) is 1.64. The third-order valence-electron chi connectivity index (χ3n) is 2.70. The summed E-state index contributed by atoms with van der Waals surface area (Å²) in [5.74, 6) is 0.977. The van der Waals surface area contributed by atoms with E-state index in [1.54, 1.807) is 6.92 Å². The van der Waals surface area contributed by atoms with Crippen molar-refractivity contribution in [2.24, 2.45) is 0 Å². The topological polar surface area (TPSA) is 48.9 Å². The molecule has 0 spiro atoms. The Hall–Kier alpha value is -1.35. The average Bonchev–Trinajstić information content (AvgIpc) is 2.58. The molecule has 0 radical (unpaired) electrons. The number of imidazole rings is 1. The van der Waals surface area contributed by atoms with Crippen molar-refractivity contribution >= 4 is 11.0 Å². The Morgan fingerprint density at radius 3 is 2.56 bits per heavy atom. The first-order chi connectivity index (χ1) is 7.38. The molecule has 16 heavy (non-hydrogen) atoms. The van der Waals surface area contributed by atoms with Gasteiger partial charge in [-0.15, -0.1) is 0 Å². The summed E-state index contributed by atoms with van der Waals surface area (Å²) in [6, 6.07) is 5.83. The highest BCUT2D eigenvalue weighted by Crippen LogP contribution is 2.24. The molecular weight excluding hydrogens is 200 g/mol. The van der Waals surface area contributed by atoms with Crippen molar-refractivity contribution in [3.63, 3.8) is 0 Å². The van der Waals surface area contributed by atoms with Crippen LogP contribution in [0.2, 0.25) is 0 Å². The van der Waals surface area contributed by atoms with Crippen molar-refractivity contribution in [3.8, 4) is 0 Å². The molecule has 1 heterocycles. The molecule has 3 nitrogen and oxygen atoms in total. The summed E-state index contributed by atoms with van der Waals surface area (Å²) >= 11 is 0. The molecule has 1 atom stereocenters. The zero-order chi connectivity index (χ0) is 11.9. The van der Waals surface area contributed by atoms with Crippen LogP contribution < -0.4 is 0 Å². The second-order valence-electron chi connectivity index (χ2n) is 5.29. The van der Waals surface area contributed by atoms with Crippen LogP contribution in [-0.2, 0) is 5.41 Å². The summed E-state index contributed by atoms with van der Waals surface area (Å²) in [5, 5.41) is 9.52. The Kier molecular flexibility index (Phi) is 2.50. The van der Waals surface area contributed by atoms with E-state index in [-0.39, 0.29) is 5.41 Å². The van der Waals surface area contributed by atoms with Crippen molar-refractivity contribution < 1.29 is 5.11 Å². The van der Waals surface area contributed by atoms with Crippen LogP contribution in [0.15, 0.2) is 18.2 Å². The van der Waals surface area contributed by atoms with Crippen molar-refractivity contribution in [2.45, 2.75) is 39.2 Å². The lowest BCUT2D eigenvalue weighted by molar-refractivity contribution is 0.199. The van der Waals surface area contributed by atoms with E-state index in [0.717, 1.165) is 22.4 Å². The number of nitrogens with one attached hydrogen (secondary N) is 1. The minimum atomic E-state index is -0.439. The van der Waals surface area contributed by atoms with Gasteiger partial charge < -0.3 is 10.1 Å². The molecule has 1 aromatic heterocycles. The fourth-order valence-corrected chi connectivity index (χ4v) is 1.64. The van der Waals surface area contributed by atoms with E-state index in [4.69, 9.17) is 0 Å². The van der Waals surface area contributed by atoms with E-state index in [1.807, 2.05) is 18.2 Å². The molecule has 1 unspecified atom stereocenters. The van der Waals surface area contributed by atoms with Crippen LogP contribution in [0.25, 0.3) is 11.0 Å². The SMILES string of the molecule is CC(O)c1ccc2nc(C(C)(C)C)[nH]c2c1. The average molecular weight is 218 g/mol. The van der Waals surface area contributed by atoms with E-state index in [0.29, 0.717) is 0 Å². The van der Waals surface area contributed by atoms with Crippen LogP contribution >= 0.6 is 0 Å². The maximum Gasteiger partial charge on any atom is 0.112 e. The summed E-state index contributed by atoms with van der Waals surface area (Å²) in [4.78, 5) is 7.86. The molecule has 3 heteroatoms. The molecule has 0 fully saturated rings.